The first-order chi connectivity index (χ1) is 14.2. The van der Waals surface area contributed by atoms with Crippen molar-refractivity contribution in [1.82, 2.24) is 0 Å². The Morgan fingerprint density at radius 2 is 1.87 bits per heavy atom. The minimum Gasteiger partial charge on any atom is -0.452 e. The molecule has 0 atom stereocenters. The van der Waals surface area contributed by atoms with Gasteiger partial charge in [0, 0.05) is 29.2 Å². The number of rotatable bonds is 6. The molecule has 0 aromatic heterocycles. The first-order valence-electron chi connectivity index (χ1n) is 8.94. The molecule has 0 bridgehead atoms. The highest BCUT2D eigenvalue weighted by molar-refractivity contribution is 8.00. The normalized spacial score (nSPS) is 14.0. The zero-order valence-electron chi connectivity index (χ0n) is 15.6. The Hall–Kier alpha value is -3.01. The van der Waals surface area contributed by atoms with Gasteiger partial charge in [0.1, 0.15) is 0 Å². The topological polar surface area (TPSA) is 75.7 Å². The molecule has 0 spiro atoms. The maximum Gasteiger partial charge on any atom is 0.446 e. The number of nitrogens with one attached hydrogen (secondary N) is 1. The van der Waals surface area contributed by atoms with Gasteiger partial charge >= 0.3 is 11.5 Å². The number of thioether (sulfide) groups is 1. The molecule has 30 heavy (non-hydrogen) atoms. The van der Waals surface area contributed by atoms with E-state index in [2.05, 4.69) is 5.32 Å². The van der Waals surface area contributed by atoms with E-state index < -0.39 is 24.0 Å². The van der Waals surface area contributed by atoms with Crippen molar-refractivity contribution in [2.75, 3.05) is 23.4 Å². The van der Waals surface area contributed by atoms with Crippen molar-refractivity contribution in [3.63, 3.8) is 0 Å². The monoisotopic (exact) mass is 438 g/mol. The van der Waals surface area contributed by atoms with E-state index in [4.69, 9.17) is 4.74 Å². The first-order valence-corrected chi connectivity index (χ1v) is 9.76. The summed E-state index contributed by atoms with van der Waals surface area (Å²) in [5.74, 6) is -1.39. The van der Waals surface area contributed by atoms with Crippen LogP contribution >= 0.6 is 11.8 Å². The van der Waals surface area contributed by atoms with E-state index in [1.54, 1.807) is 29.2 Å². The Labute approximate surface area is 174 Å². The van der Waals surface area contributed by atoms with Gasteiger partial charge in [-0.05, 0) is 60.6 Å². The van der Waals surface area contributed by atoms with E-state index in [1.807, 2.05) is 0 Å². The number of ether oxygens (including phenoxy) is 1. The highest BCUT2D eigenvalue weighted by Crippen LogP contribution is 2.36. The van der Waals surface area contributed by atoms with Gasteiger partial charge < -0.3 is 15.0 Å². The molecule has 2 aromatic rings. The van der Waals surface area contributed by atoms with Crippen LogP contribution < -0.4 is 10.2 Å². The summed E-state index contributed by atoms with van der Waals surface area (Å²) in [5, 5.41) is 2.58. The fourth-order valence-electron chi connectivity index (χ4n) is 2.88. The van der Waals surface area contributed by atoms with Gasteiger partial charge in [-0.25, -0.2) is 4.79 Å². The van der Waals surface area contributed by atoms with Gasteiger partial charge in [-0.1, -0.05) is 6.07 Å². The fourth-order valence-corrected chi connectivity index (χ4v) is 3.42. The number of halogens is 3. The van der Waals surface area contributed by atoms with E-state index in [1.165, 1.54) is 12.1 Å². The van der Waals surface area contributed by atoms with Gasteiger partial charge in [0.05, 0.1) is 5.56 Å². The van der Waals surface area contributed by atoms with Crippen LogP contribution in [0.3, 0.4) is 0 Å². The second-order valence-corrected chi connectivity index (χ2v) is 7.53. The van der Waals surface area contributed by atoms with E-state index in [0.29, 0.717) is 24.3 Å². The molecular weight excluding hydrogens is 421 g/mol. The number of hydrogen-bond acceptors (Lipinski definition) is 5. The number of hydrogen-bond donors (Lipinski definition) is 1. The summed E-state index contributed by atoms with van der Waals surface area (Å²) >= 11 is -0.290. The Balaban J connectivity index is 1.52. The Bertz CT molecular complexity index is 948. The number of carbonyl (C=O) groups excluding carboxylic acids is 3. The number of anilines is 2. The highest BCUT2D eigenvalue weighted by Gasteiger charge is 2.29. The number of esters is 1. The Morgan fingerprint density at radius 3 is 2.50 bits per heavy atom. The molecule has 2 amide bonds. The molecule has 10 heteroatoms. The molecule has 6 nitrogen and oxygen atoms in total. The molecule has 2 aromatic carbocycles. The predicted molar refractivity (Wildman–Crippen MR) is 105 cm³/mol. The Kier molecular flexibility index (Phi) is 6.66. The third-order valence-electron chi connectivity index (χ3n) is 4.17. The van der Waals surface area contributed by atoms with E-state index >= 15 is 0 Å². The number of amides is 2. The summed E-state index contributed by atoms with van der Waals surface area (Å²) in [7, 11) is 0. The van der Waals surface area contributed by atoms with Crippen LogP contribution in [0.5, 0.6) is 0 Å². The van der Waals surface area contributed by atoms with Crippen molar-refractivity contribution in [3.05, 3.63) is 54.1 Å². The molecule has 0 aliphatic carbocycles. The van der Waals surface area contributed by atoms with Crippen molar-refractivity contribution >= 4 is 40.9 Å². The van der Waals surface area contributed by atoms with Gasteiger partial charge in [0.25, 0.3) is 5.91 Å². The van der Waals surface area contributed by atoms with Crippen LogP contribution in [-0.4, -0.2) is 36.4 Å². The number of nitrogens with zero attached hydrogens (tertiary/aromatic N) is 1. The summed E-state index contributed by atoms with van der Waals surface area (Å²) < 4.78 is 41.9. The number of benzene rings is 2. The van der Waals surface area contributed by atoms with E-state index in [9.17, 15) is 27.6 Å². The summed E-state index contributed by atoms with van der Waals surface area (Å²) in [6.07, 6.45) is 1.27. The second kappa shape index (κ2) is 9.21. The summed E-state index contributed by atoms with van der Waals surface area (Å²) in [6.45, 7) is 0.0544. The van der Waals surface area contributed by atoms with Crippen LogP contribution in [0.25, 0.3) is 0 Å². The molecule has 1 N–H and O–H groups in total. The average Bonchev–Trinajstić information content (AvgIpc) is 3.11. The molecule has 1 heterocycles. The minimum atomic E-state index is -4.42. The molecule has 1 aliphatic heterocycles. The maximum atomic E-state index is 12.3. The molecule has 1 aliphatic rings. The van der Waals surface area contributed by atoms with E-state index in [-0.39, 0.29) is 28.1 Å². The Morgan fingerprint density at radius 1 is 1.13 bits per heavy atom. The zero-order chi connectivity index (χ0) is 21.7. The van der Waals surface area contributed by atoms with Gasteiger partial charge in [-0.15, -0.1) is 0 Å². The molecule has 1 saturated heterocycles. The zero-order valence-corrected chi connectivity index (χ0v) is 16.4. The van der Waals surface area contributed by atoms with Gasteiger partial charge in [0.2, 0.25) is 5.91 Å². The summed E-state index contributed by atoms with van der Waals surface area (Å²) in [4.78, 5) is 37.5. The van der Waals surface area contributed by atoms with Crippen molar-refractivity contribution < 1.29 is 32.3 Å². The van der Waals surface area contributed by atoms with Crippen LogP contribution in [0, 0.1) is 0 Å². The molecule has 158 valence electrons. The molecule has 0 unspecified atom stereocenters. The predicted octanol–water partition coefficient (Wildman–Crippen LogP) is 4.22. The second-order valence-electron chi connectivity index (χ2n) is 6.40. The van der Waals surface area contributed by atoms with Gasteiger partial charge in [-0.3, -0.25) is 9.59 Å². The lowest BCUT2D eigenvalue weighted by Gasteiger charge is -2.16. The first kappa shape index (κ1) is 21.7. The molecule has 3 rings (SSSR count). The van der Waals surface area contributed by atoms with Crippen molar-refractivity contribution in [2.24, 2.45) is 0 Å². The van der Waals surface area contributed by atoms with Crippen LogP contribution in [0.1, 0.15) is 23.2 Å². The van der Waals surface area contributed by atoms with Crippen molar-refractivity contribution in [1.29, 1.82) is 0 Å². The lowest BCUT2D eigenvalue weighted by atomic mass is 10.2. The standard InChI is InChI=1S/C20H17F3N2O4S/c21-20(22,23)30-16-8-6-13(7-9-16)19(28)29-12-17(26)24-14-3-1-4-15(11-14)25-10-2-5-18(25)27/h1,3-4,6-9,11H,2,5,10,12H2,(H,24,26). The number of alkyl halides is 3. The fraction of sp³-hybridized carbons (Fsp3) is 0.250. The summed E-state index contributed by atoms with van der Waals surface area (Å²) in [6, 6.07) is 11.5. The average molecular weight is 438 g/mol. The van der Waals surface area contributed by atoms with E-state index in [0.717, 1.165) is 18.6 Å². The van der Waals surface area contributed by atoms with Crippen LogP contribution in [0.15, 0.2) is 53.4 Å². The van der Waals surface area contributed by atoms with Crippen LogP contribution in [0.4, 0.5) is 24.5 Å². The quantitative estimate of drug-likeness (QED) is 0.540. The molecule has 0 saturated carbocycles. The largest absolute Gasteiger partial charge is 0.452 e. The van der Waals surface area contributed by atoms with Gasteiger partial charge in [0.15, 0.2) is 6.61 Å². The van der Waals surface area contributed by atoms with Crippen LogP contribution in [-0.2, 0) is 14.3 Å². The maximum absolute atomic E-state index is 12.3. The smallest absolute Gasteiger partial charge is 0.446 e. The lowest BCUT2D eigenvalue weighted by Crippen LogP contribution is -2.24. The highest BCUT2D eigenvalue weighted by atomic mass is 32.2. The third-order valence-corrected chi connectivity index (χ3v) is 4.91. The van der Waals surface area contributed by atoms with Crippen molar-refractivity contribution in [3.8, 4) is 0 Å². The molecular formula is C20H17F3N2O4S. The van der Waals surface area contributed by atoms with Crippen molar-refractivity contribution in [2.45, 2.75) is 23.2 Å². The SMILES string of the molecule is O=C(COC(=O)c1ccc(SC(F)(F)F)cc1)Nc1cccc(N2CCCC2=O)c1. The minimum absolute atomic E-state index is 0.0204. The van der Waals surface area contributed by atoms with Crippen LogP contribution in [0.2, 0.25) is 0 Å². The molecule has 0 radical (unpaired) electrons. The molecule has 1 fully saturated rings. The third kappa shape index (κ3) is 5.99. The summed E-state index contributed by atoms with van der Waals surface area (Å²) in [5.41, 5.74) is -3.27. The number of carbonyl (C=O) groups is 3. The van der Waals surface area contributed by atoms with Gasteiger partial charge in [-0.2, -0.15) is 13.2 Å². The lowest BCUT2D eigenvalue weighted by molar-refractivity contribution is -0.119.